The number of nitrogens with one attached hydrogen (secondary N) is 1. The Hall–Kier alpha value is -2.62. The van der Waals surface area contributed by atoms with Crippen LogP contribution in [-0.2, 0) is 0 Å². The fourth-order valence-corrected chi connectivity index (χ4v) is 3.26. The predicted octanol–water partition coefficient (Wildman–Crippen LogP) is 5.22. The van der Waals surface area contributed by atoms with Crippen LogP contribution >= 0.6 is 0 Å². The molecule has 0 aliphatic rings. The van der Waals surface area contributed by atoms with Crippen molar-refractivity contribution in [3.63, 3.8) is 0 Å². The Kier molecular flexibility index (Phi) is 7.65. The second kappa shape index (κ2) is 10.6. The van der Waals surface area contributed by atoms with Crippen LogP contribution in [0.4, 0.5) is 0 Å². The minimum atomic E-state index is -0.558. The number of rotatable bonds is 10. The van der Waals surface area contributed by atoms with Gasteiger partial charge in [-0.05, 0) is 35.2 Å². The standard InChI is InChI=1S/C25H29NO2/c1-2-9-25(22-12-7-4-8-13-22)26-18-23(27)19-28-24-16-14-21(15-17-24)20-10-5-3-6-11-20/h3-8,10-17,23,25-27H,2,9,18-19H2,1H3/t23-,25-/m0/s1. The molecule has 0 unspecified atom stereocenters. The van der Waals surface area contributed by atoms with E-state index in [1.807, 2.05) is 48.5 Å². The van der Waals surface area contributed by atoms with E-state index in [0.717, 1.165) is 24.2 Å². The minimum absolute atomic E-state index is 0.256. The fraction of sp³-hybridized carbons (Fsp3) is 0.280. The van der Waals surface area contributed by atoms with Crippen molar-refractivity contribution in [2.24, 2.45) is 0 Å². The van der Waals surface area contributed by atoms with Gasteiger partial charge in [-0.1, -0.05) is 86.1 Å². The zero-order chi connectivity index (χ0) is 19.6. The lowest BCUT2D eigenvalue weighted by Gasteiger charge is -2.21. The van der Waals surface area contributed by atoms with E-state index in [1.54, 1.807) is 0 Å². The van der Waals surface area contributed by atoms with Gasteiger partial charge in [-0.2, -0.15) is 0 Å². The Morgan fingerprint density at radius 1 is 0.821 bits per heavy atom. The van der Waals surface area contributed by atoms with Crippen LogP contribution in [0.25, 0.3) is 11.1 Å². The number of benzene rings is 3. The highest BCUT2D eigenvalue weighted by molar-refractivity contribution is 5.63. The quantitative estimate of drug-likeness (QED) is 0.510. The molecule has 2 atom stereocenters. The Labute approximate surface area is 168 Å². The van der Waals surface area contributed by atoms with Crippen molar-refractivity contribution in [2.75, 3.05) is 13.2 Å². The van der Waals surface area contributed by atoms with Crippen LogP contribution in [0.1, 0.15) is 31.4 Å². The maximum atomic E-state index is 10.3. The molecule has 0 aliphatic carbocycles. The van der Waals surface area contributed by atoms with E-state index in [2.05, 4.69) is 48.6 Å². The van der Waals surface area contributed by atoms with Gasteiger partial charge in [0, 0.05) is 12.6 Å². The Balaban J connectivity index is 1.48. The average Bonchev–Trinajstić information content (AvgIpc) is 2.77. The van der Waals surface area contributed by atoms with E-state index >= 15 is 0 Å². The highest BCUT2D eigenvalue weighted by Crippen LogP contribution is 2.22. The second-order valence-electron chi connectivity index (χ2n) is 7.02. The molecule has 28 heavy (non-hydrogen) atoms. The van der Waals surface area contributed by atoms with Crippen molar-refractivity contribution in [1.82, 2.24) is 5.32 Å². The van der Waals surface area contributed by atoms with E-state index in [1.165, 1.54) is 11.1 Å². The Morgan fingerprint density at radius 2 is 1.43 bits per heavy atom. The summed E-state index contributed by atoms with van der Waals surface area (Å²) in [6.45, 7) is 2.95. The summed E-state index contributed by atoms with van der Waals surface area (Å²) in [5.74, 6) is 0.770. The molecular weight excluding hydrogens is 346 g/mol. The number of aliphatic hydroxyl groups is 1. The molecule has 3 heteroatoms. The number of ether oxygens (including phenoxy) is 1. The van der Waals surface area contributed by atoms with Crippen LogP contribution < -0.4 is 10.1 Å². The highest BCUT2D eigenvalue weighted by Gasteiger charge is 2.12. The largest absolute Gasteiger partial charge is 0.491 e. The van der Waals surface area contributed by atoms with Gasteiger partial charge in [0.2, 0.25) is 0 Å². The van der Waals surface area contributed by atoms with Crippen molar-refractivity contribution in [2.45, 2.75) is 31.9 Å². The minimum Gasteiger partial charge on any atom is -0.491 e. The molecule has 2 N–H and O–H groups in total. The summed E-state index contributed by atoms with van der Waals surface area (Å²) >= 11 is 0. The van der Waals surface area contributed by atoms with E-state index < -0.39 is 6.10 Å². The monoisotopic (exact) mass is 375 g/mol. The normalized spacial score (nSPS) is 13.1. The molecule has 0 amide bonds. The SMILES string of the molecule is CCC[C@H](NC[C@H](O)COc1ccc(-c2ccccc2)cc1)c1ccccc1. The third-order valence-electron chi connectivity index (χ3n) is 4.78. The zero-order valence-corrected chi connectivity index (χ0v) is 16.4. The molecule has 0 saturated heterocycles. The Bertz CT molecular complexity index is 803. The molecule has 3 rings (SSSR count). The van der Waals surface area contributed by atoms with Crippen molar-refractivity contribution in [3.05, 3.63) is 90.5 Å². The van der Waals surface area contributed by atoms with Gasteiger partial charge in [0.15, 0.2) is 0 Å². The van der Waals surface area contributed by atoms with Gasteiger partial charge >= 0.3 is 0 Å². The molecule has 0 saturated carbocycles. The van der Waals surface area contributed by atoms with Gasteiger partial charge in [-0.3, -0.25) is 0 Å². The fourth-order valence-electron chi connectivity index (χ4n) is 3.26. The molecule has 0 aromatic heterocycles. The lowest BCUT2D eigenvalue weighted by molar-refractivity contribution is 0.103. The average molecular weight is 376 g/mol. The van der Waals surface area contributed by atoms with Gasteiger partial charge in [0.1, 0.15) is 18.5 Å². The van der Waals surface area contributed by atoms with Crippen LogP contribution in [0.5, 0.6) is 5.75 Å². The van der Waals surface area contributed by atoms with Crippen LogP contribution in [-0.4, -0.2) is 24.4 Å². The predicted molar refractivity (Wildman–Crippen MR) is 115 cm³/mol. The molecule has 0 spiro atoms. The van der Waals surface area contributed by atoms with Crippen LogP contribution in [0.2, 0.25) is 0 Å². The zero-order valence-electron chi connectivity index (χ0n) is 16.4. The van der Waals surface area contributed by atoms with Gasteiger partial charge in [0.25, 0.3) is 0 Å². The van der Waals surface area contributed by atoms with E-state index in [4.69, 9.17) is 4.74 Å². The van der Waals surface area contributed by atoms with E-state index in [0.29, 0.717) is 6.54 Å². The van der Waals surface area contributed by atoms with E-state index in [-0.39, 0.29) is 12.6 Å². The van der Waals surface area contributed by atoms with E-state index in [9.17, 15) is 5.11 Å². The van der Waals surface area contributed by atoms with Crippen LogP contribution in [0, 0.1) is 0 Å². The number of hydrogen-bond donors (Lipinski definition) is 2. The Morgan fingerprint density at radius 3 is 2.07 bits per heavy atom. The molecule has 0 bridgehead atoms. The van der Waals surface area contributed by atoms with Crippen molar-refractivity contribution in [3.8, 4) is 16.9 Å². The second-order valence-corrected chi connectivity index (χ2v) is 7.02. The third kappa shape index (κ3) is 5.95. The number of aliphatic hydroxyl groups excluding tert-OH is 1. The summed E-state index contributed by atoms with van der Waals surface area (Å²) in [6, 6.07) is 28.9. The lowest BCUT2D eigenvalue weighted by Crippen LogP contribution is -2.34. The van der Waals surface area contributed by atoms with Gasteiger partial charge in [-0.25, -0.2) is 0 Å². The third-order valence-corrected chi connectivity index (χ3v) is 4.78. The van der Waals surface area contributed by atoms with Crippen molar-refractivity contribution >= 4 is 0 Å². The molecule has 3 aromatic rings. The summed E-state index contributed by atoms with van der Waals surface area (Å²) in [6.07, 6.45) is 1.57. The maximum Gasteiger partial charge on any atom is 0.119 e. The summed E-state index contributed by atoms with van der Waals surface area (Å²) in [5.41, 5.74) is 3.59. The molecule has 3 aromatic carbocycles. The van der Waals surface area contributed by atoms with Crippen molar-refractivity contribution in [1.29, 1.82) is 0 Å². The molecule has 0 radical (unpaired) electrons. The molecule has 146 valence electrons. The lowest BCUT2D eigenvalue weighted by atomic mass is 10.0. The summed E-state index contributed by atoms with van der Waals surface area (Å²) in [7, 11) is 0. The first-order valence-corrected chi connectivity index (χ1v) is 10.0. The first kappa shape index (κ1) is 20.1. The summed E-state index contributed by atoms with van der Waals surface area (Å²) in [4.78, 5) is 0. The van der Waals surface area contributed by atoms with Gasteiger partial charge < -0.3 is 15.2 Å². The first-order valence-electron chi connectivity index (χ1n) is 10.0. The molecule has 0 aliphatic heterocycles. The van der Waals surface area contributed by atoms with Crippen LogP contribution in [0.3, 0.4) is 0 Å². The van der Waals surface area contributed by atoms with Crippen molar-refractivity contribution < 1.29 is 9.84 Å². The summed E-state index contributed by atoms with van der Waals surface area (Å²) < 4.78 is 5.77. The van der Waals surface area contributed by atoms with Gasteiger partial charge in [0.05, 0.1) is 0 Å². The molecule has 0 heterocycles. The topological polar surface area (TPSA) is 41.5 Å². The summed E-state index contributed by atoms with van der Waals surface area (Å²) in [5, 5.41) is 13.8. The first-order chi connectivity index (χ1) is 13.8. The highest BCUT2D eigenvalue weighted by atomic mass is 16.5. The van der Waals surface area contributed by atoms with Crippen LogP contribution in [0.15, 0.2) is 84.9 Å². The molecular formula is C25H29NO2. The number of hydrogen-bond acceptors (Lipinski definition) is 3. The smallest absolute Gasteiger partial charge is 0.119 e. The van der Waals surface area contributed by atoms with Gasteiger partial charge in [-0.15, -0.1) is 0 Å². The molecule has 3 nitrogen and oxygen atoms in total. The molecule has 0 fully saturated rings. The maximum absolute atomic E-state index is 10.3.